The average Bonchev–Trinajstić information content (AvgIpc) is 3.22. The quantitative estimate of drug-likeness (QED) is 0.650. The first-order valence-corrected chi connectivity index (χ1v) is 9.71. The molecule has 3 aromatic rings. The molecule has 0 spiro atoms. The Morgan fingerprint density at radius 3 is 2.76 bits per heavy atom. The lowest BCUT2D eigenvalue weighted by Crippen LogP contribution is -2.34. The van der Waals surface area contributed by atoms with Crippen LogP contribution in [0.25, 0.3) is 11.5 Å². The summed E-state index contributed by atoms with van der Waals surface area (Å²) in [5.41, 5.74) is 3.71. The van der Waals surface area contributed by atoms with E-state index in [0.29, 0.717) is 11.6 Å². The number of esters is 1. The van der Waals surface area contributed by atoms with Crippen molar-refractivity contribution in [1.29, 1.82) is 0 Å². The first-order chi connectivity index (χ1) is 14.2. The molecule has 6 nitrogen and oxygen atoms in total. The molecule has 6 heteroatoms. The lowest BCUT2D eigenvalue weighted by Gasteiger charge is -2.26. The molecule has 0 radical (unpaired) electrons. The molecular weight excluding hydrogens is 368 g/mol. The molecule has 29 heavy (non-hydrogen) atoms. The number of amides is 1. The third-order valence-electron chi connectivity index (χ3n) is 4.97. The predicted octanol–water partition coefficient (Wildman–Crippen LogP) is 3.62. The smallest absolute Gasteiger partial charge is 0.312 e. The number of carbonyl (C=O) groups is 2. The van der Waals surface area contributed by atoms with Crippen molar-refractivity contribution in [1.82, 2.24) is 10.3 Å². The molecule has 1 unspecified atom stereocenters. The molecule has 0 bridgehead atoms. The summed E-state index contributed by atoms with van der Waals surface area (Å²) in [4.78, 5) is 28.6. The van der Waals surface area contributed by atoms with Crippen LogP contribution < -0.4 is 5.32 Å². The number of fused-ring (bicyclic) bond motifs is 1. The predicted molar refractivity (Wildman–Crippen MR) is 107 cm³/mol. The Labute approximate surface area is 168 Å². The van der Waals surface area contributed by atoms with Gasteiger partial charge < -0.3 is 14.5 Å². The van der Waals surface area contributed by atoms with Crippen molar-refractivity contribution in [2.24, 2.45) is 0 Å². The second-order valence-electron chi connectivity index (χ2n) is 7.06. The summed E-state index contributed by atoms with van der Waals surface area (Å²) >= 11 is 0. The SMILES string of the molecule is O=C(COC(=O)Cc1coc(-c2ccccc2)n1)NC1CCCc2ccccc21. The van der Waals surface area contributed by atoms with Crippen LogP contribution in [0.2, 0.25) is 0 Å². The number of ether oxygens (including phenoxy) is 1. The highest BCUT2D eigenvalue weighted by Crippen LogP contribution is 2.29. The minimum absolute atomic E-state index is 0.0323. The number of rotatable bonds is 6. The van der Waals surface area contributed by atoms with Gasteiger partial charge in [0.05, 0.1) is 18.2 Å². The molecule has 1 atom stereocenters. The number of aryl methyl sites for hydroxylation is 1. The maximum absolute atomic E-state index is 12.2. The summed E-state index contributed by atoms with van der Waals surface area (Å²) in [7, 11) is 0. The normalized spacial score (nSPS) is 15.4. The molecule has 0 saturated heterocycles. The summed E-state index contributed by atoms with van der Waals surface area (Å²) < 4.78 is 10.5. The van der Waals surface area contributed by atoms with Crippen molar-refractivity contribution in [2.75, 3.05) is 6.61 Å². The number of benzene rings is 2. The first kappa shape index (κ1) is 18.9. The Morgan fingerprint density at radius 2 is 1.90 bits per heavy atom. The van der Waals surface area contributed by atoms with Gasteiger partial charge in [-0.3, -0.25) is 9.59 Å². The zero-order valence-corrected chi connectivity index (χ0v) is 16.0. The molecule has 1 heterocycles. The molecule has 1 amide bonds. The zero-order chi connectivity index (χ0) is 20.1. The summed E-state index contributed by atoms with van der Waals surface area (Å²) in [5, 5.41) is 2.97. The van der Waals surface area contributed by atoms with E-state index in [9.17, 15) is 9.59 Å². The fourth-order valence-electron chi connectivity index (χ4n) is 3.59. The Bertz CT molecular complexity index is 997. The van der Waals surface area contributed by atoms with Crippen LogP contribution in [0.1, 0.15) is 35.7 Å². The van der Waals surface area contributed by atoms with Crippen LogP contribution >= 0.6 is 0 Å². The molecule has 0 fully saturated rings. The fraction of sp³-hybridized carbons (Fsp3) is 0.261. The van der Waals surface area contributed by atoms with E-state index in [2.05, 4.69) is 16.4 Å². The topological polar surface area (TPSA) is 81.4 Å². The molecule has 4 rings (SSSR count). The van der Waals surface area contributed by atoms with E-state index in [0.717, 1.165) is 30.4 Å². The van der Waals surface area contributed by atoms with Gasteiger partial charge in [-0.2, -0.15) is 0 Å². The van der Waals surface area contributed by atoms with Crippen LogP contribution in [0.4, 0.5) is 0 Å². The molecular formula is C23H22N2O4. The van der Waals surface area contributed by atoms with Gasteiger partial charge >= 0.3 is 5.97 Å². The fourth-order valence-corrected chi connectivity index (χ4v) is 3.59. The largest absolute Gasteiger partial charge is 0.455 e. The second-order valence-corrected chi connectivity index (χ2v) is 7.06. The van der Waals surface area contributed by atoms with Gasteiger partial charge in [-0.05, 0) is 42.5 Å². The lowest BCUT2D eigenvalue weighted by atomic mass is 9.88. The highest BCUT2D eigenvalue weighted by molar-refractivity contribution is 5.81. The molecule has 1 N–H and O–H groups in total. The molecule has 2 aromatic carbocycles. The van der Waals surface area contributed by atoms with E-state index >= 15 is 0 Å². The number of hydrogen-bond donors (Lipinski definition) is 1. The minimum Gasteiger partial charge on any atom is -0.455 e. The zero-order valence-electron chi connectivity index (χ0n) is 16.0. The number of nitrogens with one attached hydrogen (secondary N) is 1. The summed E-state index contributed by atoms with van der Waals surface area (Å²) in [6.45, 7) is -0.305. The highest BCUT2D eigenvalue weighted by Gasteiger charge is 2.22. The van der Waals surface area contributed by atoms with E-state index in [4.69, 9.17) is 9.15 Å². The number of hydrogen-bond acceptors (Lipinski definition) is 5. The van der Waals surface area contributed by atoms with Gasteiger partial charge in [0.1, 0.15) is 6.26 Å². The number of nitrogens with zero attached hydrogens (tertiary/aromatic N) is 1. The van der Waals surface area contributed by atoms with Gasteiger partial charge in [0.25, 0.3) is 5.91 Å². The molecule has 148 valence electrons. The third kappa shape index (κ3) is 4.71. The van der Waals surface area contributed by atoms with Gasteiger partial charge in [-0.25, -0.2) is 4.98 Å². The van der Waals surface area contributed by atoms with Crippen LogP contribution in [-0.4, -0.2) is 23.5 Å². The third-order valence-corrected chi connectivity index (χ3v) is 4.97. The number of oxazole rings is 1. The molecule has 1 aliphatic rings. The molecule has 0 aliphatic heterocycles. The maximum Gasteiger partial charge on any atom is 0.312 e. The Hall–Kier alpha value is -3.41. The van der Waals surface area contributed by atoms with Crippen molar-refractivity contribution in [3.63, 3.8) is 0 Å². The second kappa shape index (κ2) is 8.73. The lowest BCUT2D eigenvalue weighted by molar-refractivity contribution is -0.148. The van der Waals surface area contributed by atoms with Crippen LogP contribution in [-0.2, 0) is 27.2 Å². The van der Waals surface area contributed by atoms with Crippen molar-refractivity contribution >= 4 is 11.9 Å². The van der Waals surface area contributed by atoms with E-state index in [-0.39, 0.29) is 25.0 Å². The van der Waals surface area contributed by atoms with Gasteiger partial charge in [-0.1, -0.05) is 42.5 Å². The monoisotopic (exact) mass is 390 g/mol. The van der Waals surface area contributed by atoms with E-state index in [1.54, 1.807) is 0 Å². The van der Waals surface area contributed by atoms with Gasteiger partial charge in [-0.15, -0.1) is 0 Å². The standard InChI is InChI=1S/C23H22N2O4/c26-21(25-20-12-6-10-16-7-4-5-11-19(16)20)15-28-22(27)13-18-14-29-23(24-18)17-8-2-1-3-9-17/h1-5,7-9,11,14,20H,6,10,12-13,15H2,(H,25,26). The van der Waals surface area contributed by atoms with Gasteiger partial charge in [0.15, 0.2) is 6.61 Å². The highest BCUT2D eigenvalue weighted by atomic mass is 16.5. The van der Waals surface area contributed by atoms with Gasteiger partial charge in [0, 0.05) is 5.56 Å². The van der Waals surface area contributed by atoms with E-state index in [1.807, 2.05) is 48.5 Å². The Balaban J connectivity index is 1.27. The van der Waals surface area contributed by atoms with Crippen molar-refractivity contribution in [3.8, 4) is 11.5 Å². The molecule has 0 saturated carbocycles. The van der Waals surface area contributed by atoms with Crippen LogP contribution in [0, 0.1) is 0 Å². The van der Waals surface area contributed by atoms with Gasteiger partial charge in [0.2, 0.25) is 5.89 Å². The Morgan fingerprint density at radius 1 is 1.10 bits per heavy atom. The summed E-state index contributed by atoms with van der Waals surface area (Å²) in [5.74, 6) is -0.371. The van der Waals surface area contributed by atoms with E-state index in [1.165, 1.54) is 11.8 Å². The minimum atomic E-state index is -0.517. The Kier molecular flexibility index (Phi) is 5.70. The summed E-state index contributed by atoms with van der Waals surface area (Å²) in [6.07, 6.45) is 4.33. The van der Waals surface area contributed by atoms with Crippen LogP contribution in [0.15, 0.2) is 65.3 Å². The van der Waals surface area contributed by atoms with E-state index < -0.39 is 5.97 Å². The molecule has 1 aromatic heterocycles. The van der Waals surface area contributed by atoms with Crippen LogP contribution in [0.3, 0.4) is 0 Å². The maximum atomic E-state index is 12.2. The number of carbonyl (C=O) groups excluding carboxylic acids is 2. The molecule has 1 aliphatic carbocycles. The van der Waals surface area contributed by atoms with Crippen molar-refractivity contribution in [2.45, 2.75) is 31.7 Å². The number of aromatic nitrogens is 1. The van der Waals surface area contributed by atoms with Crippen molar-refractivity contribution in [3.05, 3.63) is 77.7 Å². The first-order valence-electron chi connectivity index (χ1n) is 9.71. The van der Waals surface area contributed by atoms with Crippen molar-refractivity contribution < 1.29 is 18.7 Å². The summed E-state index contributed by atoms with van der Waals surface area (Å²) in [6, 6.07) is 17.5. The average molecular weight is 390 g/mol. The van der Waals surface area contributed by atoms with Crippen LogP contribution in [0.5, 0.6) is 0 Å².